The van der Waals surface area contributed by atoms with E-state index in [-0.39, 0.29) is 29.3 Å². The number of anilines is 1. The molecule has 7 nitrogen and oxygen atoms in total. The molecule has 0 heterocycles. The van der Waals surface area contributed by atoms with Crippen LogP contribution in [0.3, 0.4) is 0 Å². The number of benzene rings is 4. The molecule has 0 aliphatic carbocycles. The second-order valence-electron chi connectivity index (χ2n) is 11.4. The van der Waals surface area contributed by atoms with Crippen molar-refractivity contribution in [3.8, 4) is 0 Å². The third-order valence-electron chi connectivity index (χ3n) is 7.41. The fraction of sp³-hybridized carbons (Fsp3) is 0.257. The highest BCUT2D eigenvalue weighted by molar-refractivity contribution is 7.92. The normalized spacial score (nSPS) is 12.4. The minimum Gasteiger partial charge on any atom is -0.354 e. The Morgan fingerprint density at radius 2 is 1.48 bits per heavy atom. The van der Waals surface area contributed by atoms with Crippen molar-refractivity contribution in [3.05, 3.63) is 131 Å². The summed E-state index contributed by atoms with van der Waals surface area (Å²) in [5.74, 6) is -2.15. The molecule has 0 aliphatic heterocycles. The predicted molar refractivity (Wildman–Crippen MR) is 176 cm³/mol. The van der Waals surface area contributed by atoms with Gasteiger partial charge in [-0.05, 0) is 47.9 Å². The van der Waals surface area contributed by atoms with E-state index in [1.165, 1.54) is 42.5 Å². The Bertz CT molecular complexity index is 1820. The van der Waals surface area contributed by atoms with E-state index in [0.717, 1.165) is 17.0 Å². The number of halogens is 5. The van der Waals surface area contributed by atoms with Crippen molar-refractivity contribution in [2.75, 3.05) is 17.4 Å². The molecular weight excluding hydrogens is 670 g/mol. The average Bonchev–Trinajstić information content (AvgIpc) is 3.05. The van der Waals surface area contributed by atoms with Gasteiger partial charge in [0.1, 0.15) is 18.4 Å². The van der Waals surface area contributed by atoms with Crippen LogP contribution in [0.25, 0.3) is 0 Å². The molecular formula is C35H34ClF4N3O4S. The summed E-state index contributed by atoms with van der Waals surface area (Å²) in [5, 5.41) is 2.15. The van der Waals surface area contributed by atoms with Gasteiger partial charge in [0.2, 0.25) is 11.8 Å². The zero-order chi connectivity index (χ0) is 35.1. The molecule has 0 spiro atoms. The van der Waals surface area contributed by atoms with Gasteiger partial charge in [-0.1, -0.05) is 92.2 Å². The largest absolute Gasteiger partial charge is 0.417 e. The van der Waals surface area contributed by atoms with Gasteiger partial charge in [0.25, 0.3) is 10.0 Å². The number of amides is 2. The summed E-state index contributed by atoms with van der Waals surface area (Å²) in [7, 11) is -4.66. The fourth-order valence-corrected chi connectivity index (χ4v) is 6.57. The second kappa shape index (κ2) is 15.7. The SMILES string of the molecule is CC(C)CNC(=O)C(Cc1ccccc1)N(Cc1ccccc1F)C(=O)CN(c1ccc(Cl)c(C(F)(F)F)c1)S(=O)(=O)c1ccccc1. The van der Waals surface area contributed by atoms with Crippen LogP contribution in [-0.2, 0) is 38.8 Å². The van der Waals surface area contributed by atoms with Gasteiger partial charge < -0.3 is 10.2 Å². The van der Waals surface area contributed by atoms with Crippen molar-refractivity contribution in [1.82, 2.24) is 10.2 Å². The summed E-state index contributed by atoms with van der Waals surface area (Å²) < 4.78 is 85.3. The molecule has 254 valence electrons. The first kappa shape index (κ1) is 36.4. The van der Waals surface area contributed by atoms with E-state index in [0.29, 0.717) is 15.9 Å². The summed E-state index contributed by atoms with van der Waals surface area (Å²) in [6, 6.07) is 22.5. The van der Waals surface area contributed by atoms with Crippen molar-refractivity contribution in [2.24, 2.45) is 5.92 Å². The molecule has 4 rings (SSSR count). The van der Waals surface area contributed by atoms with Gasteiger partial charge in [0.15, 0.2) is 0 Å². The van der Waals surface area contributed by atoms with Crippen molar-refractivity contribution >= 4 is 39.1 Å². The Kier molecular flexibility index (Phi) is 11.9. The molecule has 0 fully saturated rings. The van der Waals surface area contributed by atoms with E-state index in [4.69, 9.17) is 11.6 Å². The Balaban J connectivity index is 1.86. The van der Waals surface area contributed by atoms with Gasteiger partial charge in [0.05, 0.1) is 21.2 Å². The number of rotatable bonds is 13. The molecule has 4 aromatic rings. The highest BCUT2D eigenvalue weighted by Gasteiger charge is 2.38. The lowest BCUT2D eigenvalue weighted by Gasteiger charge is -2.34. The Labute approximate surface area is 282 Å². The molecule has 2 amide bonds. The van der Waals surface area contributed by atoms with E-state index in [9.17, 15) is 31.2 Å². The number of nitrogens with zero attached hydrogens (tertiary/aromatic N) is 2. The third kappa shape index (κ3) is 9.13. The monoisotopic (exact) mass is 703 g/mol. The number of sulfonamides is 1. The zero-order valence-corrected chi connectivity index (χ0v) is 27.7. The summed E-state index contributed by atoms with van der Waals surface area (Å²) >= 11 is 5.84. The van der Waals surface area contributed by atoms with Crippen molar-refractivity contribution in [3.63, 3.8) is 0 Å². The number of hydrogen-bond acceptors (Lipinski definition) is 4. The van der Waals surface area contributed by atoms with Crippen LogP contribution in [0.5, 0.6) is 0 Å². The van der Waals surface area contributed by atoms with Crippen LogP contribution in [0.15, 0.2) is 108 Å². The van der Waals surface area contributed by atoms with Crippen molar-refractivity contribution in [2.45, 2.75) is 43.9 Å². The van der Waals surface area contributed by atoms with Crippen molar-refractivity contribution < 1.29 is 35.6 Å². The summed E-state index contributed by atoms with van der Waals surface area (Å²) in [6.45, 7) is 2.55. The topological polar surface area (TPSA) is 86.8 Å². The molecule has 0 aromatic heterocycles. The highest BCUT2D eigenvalue weighted by Crippen LogP contribution is 2.38. The predicted octanol–water partition coefficient (Wildman–Crippen LogP) is 7.11. The minimum absolute atomic E-state index is 0.0183. The van der Waals surface area contributed by atoms with Gasteiger partial charge >= 0.3 is 6.18 Å². The van der Waals surface area contributed by atoms with Crippen LogP contribution in [0.1, 0.15) is 30.5 Å². The van der Waals surface area contributed by atoms with Crippen LogP contribution in [0, 0.1) is 11.7 Å². The number of carbonyl (C=O) groups excluding carboxylic acids is 2. The highest BCUT2D eigenvalue weighted by atomic mass is 35.5. The lowest BCUT2D eigenvalue weighted by molar-refractivity contribution is -0.140. The van der Waals surface area contributed by atoms with Gasteiger partial charge in [-0.3, -0.25) is 13.9 Å². The van der Waals surface area contributed by atoms with E-state index in [2.05, 4.69) is 5.32 Å². The lowest BCUT2D eigenvalue weighted by Crippen LogP contribution is -2.53. The molecule has 0 saturated carbocycles. The molecule has 1 unspecified atom stereocenters. The summed E-state index contributed by atoms with van der Waals surface area (Å²) in [4.78, 5) is 29.0. The number of nitrogens with one attached hydrogen (secondary N) is 1. The van der Waals surface area contributed by atoms with E-state index in [1.807, 2.05) is 13.8 Å². The number of carbonyl (C=O) groups is 2. The van der Waals surface area contributed by atoms with Gasteiger partial charge in [0, 0.05) is 25.1 Å². The molecule has 13 heteroatoms. The van der Waals surface area contributed by atoms with E-state index < -0.39 is 69.2 Å². The number of hydrogen-bond donors (Lipinski definition) is 1. The van der Waals surface area contributed by atoms with Crippen LogP contribution in [0.4, 0.5) is 23.2 Å². The van der Waals surface area contributed by atoms with E-state index in [1.54, 1.807) is 42.5 Å². The van der Waals surface area contributed by atoms with Gasteiger partial charge in [-0.2, -0.15) is 13.2 Å². The maximum absolute atomic E-state index is 15.0. The third-order valence-corrected chi connectivity index (χ3v) is 9.53. The summed E-state index contributed by atoms with van der Waals surface area (Å²) in [6.07, 6.45) is -4.96. The lowest BCUT2D eigenvalue weighted by atomic mass is 10.0. The maximum atomic E-state index is 15.0. The first-order chi connectivity index (χ1) is 22.7. The Morgan fingerprint density at radius 3 is 2.08 bits per heavy atom. The average molecular weight is 704 g/mol. The van der Waals surface area contributed by atoms with Gasteiger partial charge in [-0.25, -0.2) is 12.8 Å². The minimum atomic E-state index is -4.94. The molecule has 0 bridgehead atoms. The van der Waals surface area contributed by atoms with Crippen LogP contribution < -0.4 is 9.62 Å². The van der Waals surface area contributed by atoms with Gasteiger partial charge in [-0.15, -0.1) is 0 Å². The zero-order valence-electron chi connectivity index (χ0n) is 26.1. The molecule has 0 saturated heterocycles. The van der Waals surface area contributed by atoms with Crippen LogP contribution in [-0.4, -0.2) is 44.3 Å². The fourth-order valence-electron chi connectivity index (χ4n) is 4.92. The first-order valence-corrected chi connectivity index (χ1v) is 16.8. The Hall–Kier alpha value is -4.42. The molecule has 1 N–H and O–H groups in total. The van der Waals surface area contributed by atoms with Crippen LogP contribution in [0.2, 0.25) is 5.02 Å². The van der Waals surface area contributed by atoms with Crippen molar-refractivity contribution in [1.29, 1.82) is 0 Å². The summed E-state index contributed by atoms with van der Waals surface area (Å²) in [5.41, 5.74) is -1.09. The second-order valence-corrected chi connectivity index (χ2v) is 13.7. The van der Waals surface area contributed by atoms with E-state index >= 15 is 4.39 Å². The smallest absolute Gasteiger partial charge is 0.354 e. The molecule has 1 atom stereocenters. The standard InChI is InChI=1S/C35H34ClF4N3O4S/c1-24(2)21-41-34(45)32(19-25-11-5-3-6-12-25)42(22-26-13-9-10-16-31(26)37)33(44)23-43(48(46,47)28-14-7-4-8-15-28)27-17-18-30(36)29(20-27)35(38,39)40/h3-18,20,24,32H,19,21-23H2,1-2H3,(H,41,45). The molecule has 0 aliphatic rings. The van der Waals surface area contributed by atoms with Crippen LogP contribution >= 0.6 is 11.6 Å². The molecule has 0 radical (unpaired) electrons. The first-order valence-electron chi connectivity index (χ1n) is 15.0. The maximum Gasteiger partial charge on any atom is 0.417 e. The Morgan fingerprint density at radius 1 is 0.875 bits per heavy atom. The quantitative estimate of drug-likeness (QED) is 0.151. The molecule has 4 aromatic carbocycles. The number of alkyl halides is 3. The molecule has 48 heavy (non-hydrogen) atoms.